The molecule has 3 N–H and O–H groups in total. The van der Waals surface area contributed by atoms with Crippen LogP contribution >= 0.6 is 0 Å². The number of hydrogen-bond acceptors (Lipinski definition) is 9. The van der Waals surface area contributed by atoms with Crippen molar-refractivity contribution in [2.75, 3.05) is 49.5 Å². The van der Waals surface area contributed by atoms with Gasteiger partial charge in [-0.1, -0.05) is 49.7 Å². The minimum Gasteiger partial charge on any atom is -0.392 e. The van der Waals surface area contributed by atoms with Gasteiger partial charge in [0.15, 0.2) is 6.29 Å². The molecule has 4 unspecified atom stereocenters. The minimum atomic E-state index is -0.617. The lowest BCUT2D eigenvalue weighted by Crippen LogP contribution is -2.51. The molecule has 4 atom stereocenters. The van der Waals surface area contributed by atoms with E-state index in [0.29, 0.717) is 18.7 Å². The summed E-state index contributed by atoms with van der Waals surface area (Å²) in [5.74, 6) is 0.751. The largest absolute Gasteiger partial charge is 0.392 e. The third-order valence-electron chi connectivity index (χ3n) is 8.67. The number of aliphatic hydroxyl groups excluding tert-OH is 1. The zero-order valence-electron chi connectivity index (χ0n) is 26.8. The summed E-state index contributed by atoms with van der Waals surface area (Å²) in [6.07, 6.45) is 5.50. The molecule has 0 saturated carbocycles. The highest BCUT2D eigenvalue weighted by Gasteiger charge is 2.39. The SMILES string of the molecule is CC(=O)NCCCCCC(=O)Nc1cccc(C2OC(CN3CCN(c4ncccn4)CC3)C(C)C(c3ccc(CO)cc3)O2)c1. The van der Waals surface area contributed by atoms with Gasteiger partial charge >= 0.3 is 0 Å². The molecule has 2 fully saturated rings. The fourth-order valence-electron chi connectivity index (χ4n) is 6.01. The number of hydrogen-bond donors (Lipinski definition) is 3. The van der Waals surface area contributed by atoms with E-state index >= 15 is 0 Å². The second-order valence-corrected chi connectivity index (χ2v) is 12.1. The lowest BCUT2D eigenvalue weighted by Gasteiger charge is -2.44. The van der Waals surface area contributed by atoms with Crippen LogP contribution in [0.4, 0.5) is 11.6 Å². The third-order valence-corrected chi connectivity index (χ3v) is 8.67. The number of nitrogens with one attached hydrogen (secondary N) is 2. The lowest BCUT2D eigenvalue weighted by atomic mass is 9.90. The Hall–Kier alpha value is -3.90. The van der Waals surface area contributed by atoms with Crippen LogP contribution in [0.2, 0.25) is 0 Å². The van der Waals surface area contributed by atoms with Gasteiger partial charge in [-0.05, 0) is 42.2 Å². The Bertz CT molecular complexity index is 1400. The molecule has 246 valence electrons. The van der Waals surface area contributed by atoms with Crippen LogP contribution < -0.4 is 15.5 Å². The van der Waals surface area contributed by atoms with E-state index in [2.05, 4.69) is 37.3 Å². The van der Waals surface area contributed by atoms with Crippen LogP contribution in [-0.2, 0) is 25.7 Å². The second kappa shape index (κ2) is 16.6. The van der Waals surface area contributed by atoms with E-state index in [0.717, 1.165) is 74.6 Å². The first-order valence-electron chi connectivity index (χ1n) is 16.3. The topological polar surface area (TPSA) is 129 Å². The molecule has 11 heteroatoms. The molecule has 2 aromatic carbocycles. The lowest BCUT2D eigenvalue weighted by molar-refractivity contribution is -0.276. The molecule has 0 bridgehead atoms. The first-order valence-corrected chi connectivity index (χ1v) is 16.3. The predicted octanol–water partition coefficient (Wildman–Crippen LogP) is 4.22. The van der Waals surface area contributed by atoms with Crippen LogP contribution in [0.5, 0.6) is 0 Å². The smallest absolute Gasteiger partial charge is 0.225 e. The fraction of sp³-hybridized carbons (Fsp3) is 0.486. The maximum absolute atomic E-state index is 12.7. The molecule has 3 aromatic rings. The van der Waals surface area contributed by atoms with Crippen molar-refractivity contribution in [3.8, 4) is 0 Å². The third kappa shape index (κ3) is 9.32. The number of aliphatic hydroxyl groups is 1. The summed E-state index contributed by atoms with van der Waals surface area (Å²) >= 11 is 0. The number of anilines is 2. The Morgan fingerprint density at radius 2 is 1.70 bits per heavy atom. The van der Waals surface area contributed by atoms with Crippen LogP contribution in [0.3, 0.4) is 0 Å². The van der Waals surface area contributed by atoms with Crippen molar-refractivity contribution in [3.63, 3.8) is 0 Å². The second-order valence-electron chi connectivity index (χ2n) is 12.1. The number of ether oxygens (including phenoxy) is 2. The molecule has 1 aromatic heterocycles. The molecule has 0 spiro atoms. The van der Waals surface area contributed by atoms with Gasteiger partial charge in [0.2, 0.25) is 17.8 Å². The summed E-state index contributed by atoms with van der Waals surface area (Å²) in [7, 11) is 0. The summed E-state index contributed by atoms with van der Waals surface area (Å²) in [5.41, 5.74) is 3.43. The number of carbonyl (C=O) groups excluding carboxylic acids is 2. The Morgan fingerprint density at radius 3 is 2.41 bits per heavy atom. The van der Waals surface area contributed by atoms with Crippen molar-refractivity contribution < 1.29 is 24.2 Å². The normalized spacial score (nSPS) is 21.9. The van der Waals surface area contributed by atoms with Crippen molar-refractivity contribution in [1.29, 1.82) is 0 Å². The van der Waals surface area contributed by atoms with E-state index in [-0.39, 0.29) is 36.5 Å². The quantitative estimate of drug-likeness (QED) is 0.238. The van der Waals surface area contributed by atoms with Crippen LogP contribution in [-0.4, -0.2) is 77.2 Å². The molecule has 11 nitrogen and oxygen atoms in total. The summed E-state index contributed by atoms with van der Waals surface area (Å²) < 4.78 is 13.3. The summed E-state index contributed by atoms with van der Waals surface area (Å²) in [6, 6.07) is 17.4. The molecular formula is C35H46N6O5. The first-order chi connectivity index (χ1) is 22.4. The summed E-state index contributed by atoms with van der Waals surface area (Å²) in [6.45, 7) is 8.49. The van der Waals surface area contributed by atoms with Gasteiger partial charge in [-0.15, -0.1) is 0 Å². The van der Waals surface area contributed by atoms with Crippen LogP contribution in [0.1, 0.15) is 68.6 Å². The number of piperazine rings is 1. The molecule has 2 amide bonds. The average molecular weight is 631 g/mol. The zero-order chi connectivity index (χ0) is 32.3. The van der Waals surface area contributed by atoms with Gasteiger partial charge < -0.3 is 30.1 Å². The molecule has 5 rings (SSSR count). The van der Waals surface area contributed by atoms with Gasteiger partial charge in [0.05, 0.1) is 18.8 Å². The Labute approximate surface area is 271 Å². The molecule has 46 heavy (non-hydrogen) atoms. The Morgan fingerprint density at radius 1 is 0.935 bits per heavy atom. The van der Waals surface area contributed by atoms with Gasteiger partial charge in [0.1, 0.15) is 0 Å². The molecule has 0 aliphatic carbocycles. The maximum atomic E-state index is 12.7. The van der Waals surface area contributed by atoms with Gasteiger partial charge in [-0.3, -0.25) is 14.5 Å². The minimum absolute atomic E-state index is 0.00863. The van der Waals surface area contributed by atoms with Crippen LogP contribution in [0.15, 0.2) is 67.0 Å². The van der Waals surface area contributed by atoms with Crippen molar-refractivity contribution >= 4 is 23.5 Å². The molecule has 2 aliphatic heterocycles. The van der Waals surface area contributed by atoms with Crippen LogP contribution in [0, 0.1) is 5.92 Å². The van der Waals surface area contributed by atoms with Crippen molar-refractivity contribution in [3.05, 3.63) is 83.7 Å². The highest BCUT2D eigenvalue weighted by Crippen LogP contribution is 2.42. The summed E-state index contributed by atoms with van der Waals surface area (Å²) in [4.78, 5) is 37.2. The van der Waals surface area contributed by atoms with Crippen molar-refractivity contribution in [1.82, 2.24) is 20.2 Å². The van der Waals surface area contributed by atoms with E-state index in [9.17, 15) is 14.7 Å². The van der Waals surface area contributed by atoms with Gasteiger partial charge in [0.25, 0.3) is 0 Å². The highest BCUT2D eigenvalue weighted by atomic mass is 16.7. The maximum Gasteiger partial charge on any atom is 0.225 e. The zero-order valence-corrected chi connectivity index (χ0v) is 26.8. The number of benzene rings is 2. The first kappa shape index (κ1) is 33.5. The van der Waals surface area contributed by atoms with E-state index in [1.807, 2.05) is 54.6 Å². The predicted molar refractivity (Wildman–Crippen MR) is 176 cm³/mol. The standard InChI is InChI=1S/C35H46N6O5/c1-25-31(23-40-18-20-41(21-19-40)35-37-16-7-17-38-35)45-34(46-33(25)28-13-11-27(24-42)12-14-28)29-8-6-9-30(22-29)39-32(44)10-4-3-5-15-36-26(2)43/h6-9,11-14,16-17,22,25,31,33-34,42H,3-5,10,15,18-21,23-24H2,1-2H3,(H,36,43)(H,39,44). The molecule has 2 aliphatic rings. The van der Waals surface area contributed by atoms with Gasteiger partial charge in [-0.25, -0.2) is 9.97 Å². The number of aromatic nitrogens is 2. The molecule has 0 radical (unpaired) electrons. The highest BCUT2D eigenvalue weighted by molar-refractivity contribution is 5.90. The number of unbranched alkanes of at least 4 members (excludes halogenated alkanes) is 2. The van der Waals surface area contributed by atoms with Crippen molar-refractivity contribution in [2.45, 2.75) is 64.6 Å². The number of nitrogens with zero attached hydrogens (tertiary/aromatic N) is 4. The summed E-state index contributed by atoms with van der Waals surface area (Å²) in [5, 5.41) is 15.4. The van der Waals surface area contributed by atoms with Gasteiger partial charge in [-0.2, -0.15) is 0 Å². The van der Waals surface area contributed by atoms with E-state index < -0.39 is 6.29 Å². The van der Waals surface area contributed by atoms with Gasteiger partial charge in [0, 0.05) is 82.2 Å². The monoisotopic (exact) mass is 630 g/mol. The molecule has 2 saturated heterocycles. The molecular weight excluding hydrogens is 584 g/mol. The fourth-order valence-corrected chi connectivity index (χ4v) is 6.01. The number of amides is 2. The van der Waals surface area contributed by atoms with E-state index in [4.69, 9.17) is 9.47 Å². The number of carbonyl (C=O) groups is 2. The van der Waals surface area contributed by atoms with Crippen LogP contribution in [0.25, 0.3) is 0 Å². The van der Waals surface area contributed by atoms with E-state index in [1.165, 1.54) is 6.92 Å². The molecule has 3 heterocycles. The number of rotatable bonds is 13. The Balaban J connectivity index is 1.24. The van der Waals surface area contributed by atoms with E-state index in [1.54, 1.807) is 12.4 Å². The average Bonchev–Trinajstić information content (AvgIpc) is 3.08. The van der Waals surface area contributed by atoms with Crippen molar-refractivity contribution in [2.24, 2.45) is 5.92 Å². The Kier molecular flexibility index (Phi) is 12.1.